The summed E-state index contributed by atoms with van der Waals surface area (Å²) >= 11 is 0.753. The summed E-state index contributed by atoms with van der Waals surface area (Å²) in [4.78, 5) is 15.4. The Bertz CT molecular complexity index is 717. The number of para-hydroxylation sites is 1. The molecule has 2 heterocycles. The summed E-state index contributed by atoms with van der Waals surface area (Å²) in [5.41, 5.74) is 0.712. The van der Waals surface area contributed by atoms with Crippen LogP contribution in [0.25, 0.3) is 10.9 Å². The first-order valence-electron chi connectivity index (χ1n) is 7.56. The molecule has 0 spiro atoms. The molecule has 24 heavy (non-hydrogen) atoms. The number of fused-ring (bicyclic) bond motifs is 1. The Morgan fingerprint density at radius 2 is 1.92 bits per heavy atom. The summed E-state index contributed by atoms with van der Waals surface area (Å²) in [6.07, 6.45) is -3.44. The van der Waals surface area contributed by atoms with Gasteiger partial charge in [-0.05, 0) is 11.6 Å². The molecular weight excluding hydrogens is 334 g/mol. The predicted molar refractivity (Wildman–Crippen MR) is 88.4 cm³/mol. The van der Waals surface area contributed by atoms with Crippen molar-refractivity contribution in [1.82, 2.24) is 4.98 Å². The number of aromatic amines is 1. The first kappa shape index (κ1) is 17.4. The average Bonchev–Trinajstić information content (AvgIpc) is 2.98. The van der Waals surface area contributed by atoms with E-state index in [9.17, 15) is 20.1 Å². The fourth-order valence-corrected chi connectivity index (χ4v) is 3.77. The second-order valence-electron chi connectivity index (χ2n) is 5.72. The molecule has 5 atom stereocenters. The highest BCUT2D eigenvalue weighted by Crippen LogP contribution is 2.30. The minimum Gasteiger partial charge on any atom is -0.394 e. The molecule has 7 nitrogen and oxygen atoms in total. The van der Waals surface area contributed by atoms with Crippen LogP contribution in [0.15, 0.2) is 30.5 Å². The number of carbonyl (C=O) groups excluding carboxylic acids is 1. The Balaban J connectivity index is 1.68. The molecular formula is C16H19NO6S. The normalized spacial score (nSPS) is 30.6. The Morgan fingerprint density at radius 1 is 1.17 bits per heavy atom. The maximum absolute atomic E-state index is 12.3. The van der Waals surface area contributed by atoms with Crippen LogP contribution in [-0.2, 0) is 16.0 Å². The highest BCUT2D eigenvalue weighted by Gasteiger charge is 2.44. The van der Waals surface area contributed by atoms with Crippen molar-refractivity contribution in [2.45, 2.75) is 36.3 Å². The van der Waals surface area contributed by atoms with Crippen molar-refractivity contribution in [3.05, 3.63) is 36.0 Å². The van der Waals surface area contributed by atoms with E-state index in [-0.39, 0.29) is 11.5 Å². The molecule has 130 valence electrons. The number of rotatable bonds is 4. The highest BCUT2D eigenvalue weighted by molar-refractivity contribution is 8.14. The fourth-order valence-electron chi connectivity index (χ4n) is 2.77. The number of hydrogen-bond acceptors (Lipinski definition) is 7. The monoisotopic (exact) mass is 353 g/mol. The molecule has 0 radical (unpaired) electrons. The van der Waals surface area contributed by atoms with Gasteiger partial charge in [0.1, 0.15) is 29.9 Å². The average molecular weight is 353 g/mol. The summed E-state index contributed by atoms with van der Waals surface area (Å²) in [7, 11) is 0. The Labute approximate surface area is 142 Å². The van der Waals surface area contributed by atoms with Crippen molar-refractivity contribution in [1.29, 1.82) is 0 Å². The molecule has 2 aromatic rings. The lowest BCUT2D eigenvalue weighted by Crippen LogP contribution is -2.57. The number of ether oxygens (including phenoxy) is 1. The van der Waals surface area contributed by atoms with E-state index in [0.717, 1.165) is 28.2 Å². The van der Waals surface area contributed by atoms with Crippen LogP contribution >= 0.6 is 11.8 Å². The van der Waals surface area contributed by atoms with E-state index in [0.29, 0.717) is 0 Å². The SMILES string of the molecule is O=C(Cc1c[nH]c2ccccc12)S[C@@H]1O[C@H](CO)[C@@H](O)[C@H](O)[C@H]1O. The topological polar surface area (TPSA) is 123 Å². The fraction of sp³-hybridized carbons (Fsp3) is 0.438. The molecule has 0 amide bonds. The second-order valence-corrected chi connectivity index (χ2v) is 6.88. The molecule has 1 aromatic carbocycles. The predicted octanol–water partition coefficient (Wildman–Crippen LogP) is -0.230. The number of thioether (sulfide) groups is 1. The van der Waals surface area contributed by atoms with Crippen LogP contribution in [0.1, 0.15) is 5.56 Å². The minimum absolute atomic E-state index is 0.129. The van der Waals surface area contributed by atoms with Crippen LogP contribution in [0.2, 0.25) is 0 Å². The molecule has 8 heteroatoms. The summed E-state index contributed by atoms with van der Waals surface area (Å²) in [5.74, 6) is 0. The van der Waals surface area contributed by atoms with E-state index in [1.165, 1.54) is 0 Å². The van der Waals surface area contributed by atoms with Crippen molar-refractivity contribution < 1.29 is 30.0 Å². The smallest absolute Gasteiger partial charge is 0.195 e. The highest BCUT2D eigenvalue weighted by atomic mass is 32.2. The van der Waals surface area contributed by atoms with E-state index < -0.39 is 36.5 Å². The van der Waals surface area contributed by atoms with Crippen LogP contribution in [0.4, 0.5) is 0 Å². The van der Waals surface area contributed by atoms with Crippen LogP contribution in [0, 0.1) is 0 Å². The van der Waals surface area contributed by atoms with Gasteiger partial charge in [0.25, 0.3) is 0 Å². The van der Waals surface area contributed by atoms with Crippen molar-refractivity contribution in [3.8, 4) is 0 Å². The molecule has 0 aliphatic carbocycles. The summed E-state index contributed by atoms with van der Waals surface area (Å²) in [6, 6.07) is 7.60. The van der Waals surface area contributed by atoms with Gasteiger partial charge in [-0.15, -0.1) is 0 Å². The van der Waals surface area contributed by atoms with Gasteiger partial charge in [-0.25, -0.2) is 0 Å². The van der Waals surface area contributed by atoms with Crippen molar-refractivity contribution in [2.75, 3.05) is 6.61 Å². The third-order valence-electron chi connectivity index (χ3n) is 4.11. The van der Waals surface area contributed by atoms with E-state index in [4.69, 9.17) is 9.84 Å². The van der Waals surface area contributed by atoms with Crippen LogP contribution in [0.3, 0.4) is 0 Å². The molecule has 1 aliphatic heterocycles. The lowest BCUT2D eigenvalue weighted by atomic mass is 10.0. The summed E-state index contributed by atoms with van der Waals surface area (Å²) in [5, 5.41) is 39.3. The van der Waals surface area contributed by atoms with E-state index in [1.54, 1.807) is 6.20 Å². The number of aliphatic hydroxyl groups excluding tert-OH is 4. The Hall–Kier alpha value is -1.42. The van der Waals surface area contributed by atoms with Gasteiger partial charge >= 0.3 is 0 Å². The zero-order valence-electron chi connectivity index (χ0n) is 12.7. The van der Waals surface area contributed by atoms with Gasteiger partial charge in [-0.2, -0.15) is 0 Å². The number of aromatic nitrogens is 1. The zero-order valence-corrected chi connectivity index (χ0v) is 13.5. The number of nitrogens with one attached hydrogen (secondary N) is 1. The number of benzene rings is 1. The van der Waals surface area contributed by atoms with E-state index in [1.807, 2.05) is 24.3 Å². The van der Waals surface area contributed by atoms with Crippen LogP contribution in [0.5, 0.6) is 0 Å². The largest absolute Gasteiger partial charge is 0.394 e. The standard InChI is InChI=1S/C16H19NO6S/c18-7-11-13(20)14(21)15(22)16(23-11)24-12(19)5-8-6-17-10-4-2-1-3-9(8)10/h1-4,6,11,13-18,20-22H,5,7H2/t11-,13-,14+,15-,16+/m1/s1. The third kappa shape index (κ3) is 3.34. The van der Waals surface area contributed by atoms with Crippen molar-refractivity contribution >= 4 is 27.8 Å². The number of carbonyl (C=O) groups is 1. The molecule has 1 saturated heterocycles. The second kappa shape index (κ2) is 7.22. The quantitative estimate of drug-likeness (QED) is 0.514. The summed E-state index contributed by atoms with van der Waals surface area (Å²) < 4.78 is 5.33. The Kier molecular flexibility index (Phi) is 5.24. The van der Waals surface area contributed by atoms with E-state index >= 15 is 0 Å². The third-order valence-corrected chi connectivity index (χ3v) is 5.14. The summed E-state index contributed by atoms with van der Waals surface area (Å²) in [6.45, 7) is -0.515. The lowest BCUT2D eigenvalue weighted by molar-refractivity contribution is -0.205. The molecule has 0 bridgehead atoms. The molecule has 1 aromatic heterocycles. The van der Waals surface area contributed by atoms with Crippen LogP contribution in [-0.4, -0.2) is 67.0 Å². The molecule has 3 rings (SSSR count). The van der Waals surface area contributed by atoms with Crippen molar-refractivity contribution in [3.63, 3.8) is 0 Å². The van der Waals surface area contributed by atoms with Gasteiger partial charge in [0, 0.05) is 23.5 Å². The number of H-pyrrole nitrogens is 1. The molecule has 0 unspecified atom stereocenters. The van der Waals surface area contributed by atoms with Gasteiger partial charge < -0.3 is 30.1 Å². The van der Waals surface area contributed by atoms with Gasteiger partial charge in [0.15, 0.2) is 5.12 Å². The van der Waals surface area contributed by atoms with Crippen LogP contribution < -0.4 is 0 Å². The first-order valence-corrected chi connectivity index (χ1v) is 8.44. The molecule has 1 aliphatic rings. The molecule has 0 saturated carbocycles. The Morgan fingerprint density at radius 3 is 2.67 bits per heavy atom. The minimum atomic E-state index is -1.48. The molecule has 1 fully saturated rings. The van der Waals surface area contributed by atoms with Gasteiger partial charge in [0.05, 0.1) is 6.61 Å². The zero-order chi connectivity index (χ0) is 17.3. The maximum atomic E-state index is 12.3. The lowest BCUT2D eigenvalue weighted by Gasteiger charge is -2.39. The van der Waals surface area contributed by atoms with Gasteiger partial charge in [-0.1, -0.05) is 30.0 Å². The first-order chi connectivity index (χ1) is 11.5. The molecule has 5 N–H and O–H groups in total. The van der Waals surface area contributed by atoms with Gasteiger partial charge in [0.2, 0.25) is 0 Å². The van der Waals surface area contributed by atoms with Gasteiger partial charge in [-0.3, -0.25) is 4.79 Å². The number of hydrogen-bond donors (Lipinski definition) is 5. The number of aliphatic hydroxyl groups is 4. The van der Waals surface area contributed by atoms with E-state index in [2.05, 4.69) is 4.98 Å². The van der Waals surface area contributed by atoms with Crippen molar-refractivity contribution in [2.24, 2.45) is 0 Å². The maximum Gasteiger partial charge on any atom is 0.195 e.